The lowest BCUT2D eigenvalue weighted by atomic mass is 10.0. The number of aromatic nitrogens is 2. The lowest BCUT2D eigenvalue weighted by molar-refractivity contribution is 0.145. The van der Waals surface area contributed by atoms with E-state index in [0.717, 1.165) is 5.56 Å². The van der Waals surface area contributed by atoms with Gasteiger partial charge in [-0.25, -0.2) is 13.5 Å². The summed E-state index contributed by atoms with van der Waals surface area (Å²) in [6.07, 6.45) is -2.81. The number of hydrogen-bond acceptors (Lipinski definition) is 2. The van der Waals surface area contributed by atoms with Gasteiger partial charge < -0.3 is 0 Å². The Morgan fingerprint density at radius 3 is 2.26 bits per heavy atom. The molecular formula is C18H13F2N3. The summed E-state index contributed by atoms with van der Waals surface area (Å²) in [5.41, 5.74) is 2.16. The first kappa shape index (κ1) is 14.9. The van der Waals surface area contributed by atoms with E-state index in [4.69, 9.17) is 0 Å². The molecule has 0 spiro atoms. The lowest BCUT2D eigenvalue weighted by Gasteiger charge is -2.08. The van der Waals surface area contributed by atoms with Crippen LogP contribution in [-0.4, -0.2) is 9.78 Å². The van der Waals surface area contributed by atoms with Gasteiger partial charge in [-0.05, 0) is 19.1 Å². The van der Waals surface area contributed by atoms with Gasteiger partial charge in [0.15, 0.2) is 0 Å². The van der Waals surface area contributed by atoms with Gasteiger partial charge in [-0.15, -0.1) is 0 Å². The van der Waals surface area contributed by atoms with Gasteiger partial charge in [0.25, 0.3) is 6.43 Å². The summed E-state index contributed by atoms with van der Waals surface area (Å²) in [5, 5.41) is 13.4. The van der Waals surface area contributed by atoms with Gasteiger partial charge in [-0.3, -0.25) is 0 Å². The van der Waals surface area contributed by atoms with Gasteiger partial charge in [0.1, 0.15) is 17.3 Å². The maximum absolute atomic E-state index is 13.3. The molecule has 114 valence electrons. The van der Waals surface area contributed by atoms with Crippen molar-refractivity contribution in [1.82, 2.24) is 9.78 Å². The Bertz CT molecular complexity index is 860. The maximum Gasteiger partial charge on any atom is 0.283 e. The molecule has 0 N–H and O–H groups in total. The number of para-hydroxylation sites is 1. The smallest absolute Gasteiger partial charge is 0.231 e. The largest absolute Gasteiger partial charge is 0.283 e. The third kappa shape index (κ3) is 2.71. The number of benzene rings is 2. The number of hydrogen-bond donors (Lipinski definition) is 0. The minimum absolute atomic E-state index is 0.0901. The van der Waals surface area contributed by atoms with Crippen LogP contribution in [0.2, 0.25) is 0 Å². The van der Waals surface area contributed by atoms with Gasteiger partial charge in [0.2, 0.25) is 0 Å². The van der Waals surface area contributed by atoms with E-state index in [0.29, 0.717) is 16.9 Å². The van der Waals surface area contributed by atoms with Crippen molar-refractivity contribution in [3.05, 3.63) is 71.4 Å². The van der Waals surface area contributed by atoms with Crippen LogP contribution in [0, 0.1) is 18.3 Å². The predicted molar refractivity (Wildman–Crippen MR) is 83.4 cm³/mol. The SMILES string of the molecule is Cc1ccc(-c2c(C#N)c(C(F)F)nn2-c2ccccc2)cc1. The minimum Gasteiger partial charge on any atom is -0.231 e. The van der Waals surface area contributed by atoms with Gasteiger partial charge >= 0.3 is 0 Å². The van der Waals surface area contributed by atoms with Crippen LogP contribution in [-0.2, 0) is 0 Å². The summed E-state index contributed by atoms with van der Waals surface area (Å²) in [6, 6.07) is 18.2. The quantitative estimate of drug-likeness (QED) is 0.706. The molecule has 0 aliphatic carbocycles. The molecule has 1 aromatic heterocycles. The fraction of sp³-hybridized carbons (Fsp3) is 0.111. The summed E-state index contributed by atoms with van der Waals surface area (Å²) in [7, 11) is 0. The fourth-order valence-corrected chi connectivity index (χ4v) is 2.43. The van der Waals surface area contributed by atoms with E-state index in [-0.39, 0.29) is 5.56 Å². The highest BCUT2D eigenvalue weighted by Gasteiger charge is 2.25. The molecule has 3 aromatic rings. The third-order valence-corrected chi connectivity index (χ3v) is 3.56. The van der Waals surface area contributed by atoms with E-state index in [1.807, 2.05) is 43.3 Å². The topological polar surface area (TPSA) is 41.6 Å². The van der Waals surface area contributed by atoms with Crippen LogP contribution in [0.4, 0.5) is 8.78 Å². The number of alkyl halides is 2. The highest BCUT2D eigenvalue weighted by molar-refractivity contribution is 5.70. The van der Waals surface area contributed by atoms with E-state index in [1.165, 1.54) is 4.68 Å². The van der Waals surface area contributed by atoms with Crippen molar-refractivity contribution in [1.29, 1.82) is 5.26 Å². The highest BCUT2D eigenvalue weighted by Crippen LogP contribution is 2.33. The second-order valence-corrected chi connectivity index (χ2v) is 5.13. The Morgan fingerprint density at radius 2 is 1.70 bits per heavy atom. The Labute approximate surface area is 132 Å². The fourth-order valence-electron chi connectivity index (χ4n) is 2.43. The molecule has 0 saturated carbocycles. The first-order chi connectivity index (χ1) is 11.1. The molecule has 0 bridgehead atoms. The molecule has 0 saturated heterocycles. The van der Waals surface area contributed by atoms with E-state index in [9.17, 15) is 14.0 Å². The minimum atomic E-state index is -2.81. The summed E-state index contributed by atoms with van der Waals surface area (Å²) in [4.78, 5) is 0. The van der Waals surface area contributed by atoms with Crippen molar-refractivity contribution in [3.8, 4) is 23.0 Å². The summed E-state index contributed by atoms with van der Waals surface area (Å²) in [6.45, 7) is 1.94. The van der Waals surface area contributed by atoms with Crippen molar-refractivity contribution < 1.29 is 8.78 Å². The van der Waals surface area contributed by atoms with E-state index < -0.39 is 12.1 Å². The molecule has 0 atom stereocenters. The molecule has 0 amide bonds. The van der Waals surface area contributed by atoms with Crippen LogP contribution in [0.3, 0.4) is 0 Å². The highest BCUT2D eigenvalue weighted by atomic mass is 19.3. The Hall–Kier alpha value is -3.00. The Kier molecular flexibility index (Phi) is 3.90. The average Bonchev–Trinajstić information content (AvgIpc) is 2.96. The first-order valence-corrected chi connectivity index (χ1v) is 7.05. The normalized spacial score (nSPS) is 10.7. The molecule has 0 radical (unpaired) electrons. The molecule has 1 heterocycles. The first-order valence-electron chi connectivity index (χ1n) is 7.05. The van der Waals surface area contributed by atoms with Crippen LogP contribution in [0.25, 0.3) is 16.9 Å². The van der Waals surface area contributed by atoms with Gasteiger partial charge in [0, 0.05) is 5.56 Å². The summed E-state index contributed by atoms with van der Waals surface area (Å²) < 4.78 is 28.0. The van der Waals surface area contributed by atoms with Crippen LogP contribution in [0.15, 0.2) is 54.6 Å². The van der Waals surface area contributed by atoms with Crippen LogP contribution >= 0.6 is 0 Å². The van der Waals surface area contributed by atoms with E-state index >= 15 is 0 Å². The number of halogens is 2. The van der Waals surface area contributed by atoms with E-state index in [1.54, 1.807) is 24.3 Å². The number of nitrogens with zero attached hydrogens (tertiary/aromatic N) is 3. The van der Waals surface area contributed by atoms with Gasteiger partial charge in [-0.1, -0.05) is 48.0 Å². The van der Waals surface area contributed by atoms with Crippen molar-refractivity contribution >= 4 is 0 Å². The number of rotatable bonds is 3. The molecule has 3 rings (SSSR count). The number of nitriles is 1. The second kappa shape index (κ2) is 6.01. The van der Waals surface area contributed by atoms with Gasteiger partial charge in [-0.2, -0.15) is 10.4 Å². The Morgan fingerprint density at radius 1 is 1.04 bits per heavy atom. The number of aryl methyl sites for hydroxylation is 1. The van der Waals surface area contributed by atoms with Crippen LogP contribution in [0.5, 0.6) is 0 Å². The monoisotopic (exact) mass is 309 g/mol. The molecule has 2 aromatic carbocycles. The average molecular weight is 309 g/mol. The molecule has 0 unspecified atom stereocenters. The zero-order valence-electron chi connectivity index (χ0n) is 12.4. The second-order valence-electron chi connectivity index (χ2n) is 5.13. The van der Waals surface area contributed by atoms with Crippen molar-refractivity contribution in [2.24, 2.45) is 0 Å². The summed E-state index contributed by atoms with van der Waals surface area (Å²) in [5.74, 6) is 0. The third-order valence-electron chi connectivity index (χ3n) is 3.56. The molecule has 0 aliphatic heterocycles. The van der Waals surface area contributed by atoms with Crippen molar-refractivity contribution in [3.63, 3.8) is 0 Å². The zero-order chi connectivity index (χ0) is 16.4. The standard InChI is InChI=1S/C18H13F2N3/c1-12-7-9-13(10-8-12)17-15(11-21)16(18(19)20)22-23(17)14-5-3-2-4-6-14/h2-10,18H,1H3. The van der Waals surface area contributed by atoms with Crippen molar-refractivity contribution in [2.75, 3.05) is 0 Å². The van der Waals surface area contributed by atoms with Crippen molar-refractivity contribution in [2.45, 2.75) is 13.3 Å². The Balaban J connectivity index is 2.31. The van der Waals surface area contributed by atoms with Crippen LogP contribution in [0.1, 0.15) is 23.2 Å². The molecule has 3 nitrogen and oxygen atoms in total. The summed E-state index contributed by atoms with van der Waals surface area (Å²) >= 11 is 0. The molecule has 0 aliphatic rings. The van der Waals surface area contributed by atoms with Crippen LogP contribution < -0.4 is 0 Å². The maximum atomic E-state index is 13.3. The lowest BCUT2D eigenvalue weighted by Crippen LogP contribution is -1.99. The molecule has 5 heteroatoms. The van der Waals surface area contributed by atoms with Gasteiger partial charge in [0.05, 0.1) is 11.4 Å². The molecule has 0 fully saturated rings. The predicted octanol–water partition coefficient (Wildman–Crippen LogP) is 4.66. The molecule has 23 heavy (non-hydrogen) atoms. The van der Waals surface area contributed by atoms with E-state index in [2.05, 4.69) is 5.10 Å². The molecular weight excluding hydrogens is 296 g/mol. The zero-order valence-corrected chi connectivity index (χ0v) is 12.4.